The van der Waals surface area contributed by atoms with Gasteiger partial charge in [-0.2, -0.15) is 0 Å². The molecular weight excluding hydrogens is 390 g/mol. The van der Waals surface area contributed by atoms with Crippen LogP contribution in [0.5, 0.6) is 0 Å². The maximum absolute atomic E-state index is 12.6. The van der Waals surface area contributed by atoms with E-state index < -0.39 is 22.5 Å². The number of sulfonamides is 1. The van der Waals surface area contributed by atoms with Crippen LogP contribution in [0.25, 0.3) is 0 Å². The van der Waals surface area contributed by atoms with Crippen molar-refractivity contribution < 1.29 is 18.0 Å². The van der Waals surface area contributed by atoms with E-state index in [2.05, 4.69) is 10.6 Å². The van der Waals surface area contributed by atoms with Crippen LogP contribution >= 0.6 is 0 Å². The van der Waals surface area contributed by atoms with Gasteiger partial charge >= 0.3 is 0 Å². The zero-order valence-corrected chi connectivity index (χ0v) is 17.9. The maximum Gasteiger partial charge on any atom is 0.253 e. The molecule has 2 N–H and O–H groups in total. The summed E-state index contributed by atoms with van der Waals surface area (Å²) in [6.45, 7) is 5.30. The van der Waals surface area contributed by atoms with Gasteiger partial charge in [0.2, 0.25) is 15.9 Å². The summed E-state index contributed by atoms with van der Waals surface area (Å²) in [7, 11) is -3.67. The zero-order chi connectivity index (χ0) is 21.6. The number of benzene rings is 2. The average Bonchev–Trinajstić information content (AvgIpc) is 2.65. The Morgan fingerprint density at radius 2 is 1.79 bits per heavy atom. The second-order valence-corrected chi connectivity index (χ2v) is 8.89. The van der Waals surface area contributed by atoms with Crippen molar-refractivity contribution in [1.82, 2.24) is 5.32 Å². The lowest BCUT2D eigenvalue weighted by Crippen LogP contribution is -2.38. The van der Waals surface area contributed by atoms with Crippen LogP contribution in [0, 0.1) is 6.92 Å². The summed E-state index contributed by atoms with van der Waals surface area (Å²) in [5, 5.41) is 5.52. The minimum atomic E-state index is -3.67. The van der Waals surface area contributed by atoms with Gasteiger partial charge in [-0.05, 0) is 50.1 Å². The highest BCUT2D eigenvalue weighted by atomic mass is 32.2. The molecule has 7 nitrogen and oxygen atoms in total. The Morgan fingerprint density at radius 1 is 1.10 bits per heavy atom. The fourth-order valence-electron chi connectivity index (χ4n) is 2.70. The number of aryl methyl sites for hydroxylation is 1. The van der Waals surface area contributed by atoms with Gasteiger partial charge in [-0.15, -0.1) is 0 Å². The molecule has 29 heavy (non-hydrogen) atoms. The molecule has 0 heterocycles. The summed E-state index contributed by atoms with van der Waals surface area (Å²) in [5.74, 6) is -0.838. The third-order valence-electron chi connectivity index (χ3n) is 4.41. The molecule has 0 saturated heterocycles. The monoisotopic (exact) mass is 417 g/mol. The number of nitrogens with one attached hydrogen (secondary N) is 2. The van der Waals surface area contributed by atoms with Gasteiger partial charge in [0.15, 0.2) is 0 Å². The van der Waals surface area contributed by atoms with E-state index in [0.29, 0.717) is 16.9 Å². The van der Waals surface area contributed by atoms with E-state index in [1.54, 1.807) is 42.5 Å². The molecule has 0 bridgehead atoms. The highest BCUT2D eigenvalue weighted by Crippen LogP contribution is 2.20. The molecule has 2 rings (SSSR count). The molecule has 0 aliphatic rings. The normalized spacial score (nSPS) is 12.1. The third-order valence-corrected chi connectivity index (χ3v) is 5.55. The van der Waals surface area contributed by atoms with Gasteiger partial charge in [0.25, 0.3) is 5.91 Å². The van der Waals surface area contributed by atoms with Crippen molar-refractivity contribution in [2.24, 2.45) is 0 Å². The number of rotatable bonds is 8. The second-order valence-electron chi connectivity index (χ2n) is 6.99. The Kier molecular flexibility index (Phi) is 7.39. The summed E-state index contributed by atoms with van der Waals surface area (Å²) in [5.41, 5.74) is 1.94. The van der Waals surface area contributed by atoms with Gasteiger partial charge < -0.3 is 10.6 Å². The molecule has 2 amide bonds. The van der Waals surface area contributed by atoms with Gasteiger partial charge in [0, 0.05) is 6.04 Å². The molecular formula is C21H27N3O4S. The van der Waals surface area contributed by atoms with E-state index in [0.717, 1.165) is 22.5 Å². The van der Waals surface area contributed by atoms with Crippen LogP contribution in [0.4, 0.5) is 11.4 Å². The van der Waals surface area contributed by atoms with Gasteiger partial charge in [0.1, 0.15) is 6.54 Å². The summed E-state index contributed by atoms with van der Waals surface area (Å²) in [6, 6.07) is 13.5. The van der Waals surface area contributed by atoms with Crippen molar-refractivity contribution in [3.63, 3.8) is 0 Å². The van der Waals surface area contributed by atoms with Crippen LogP contribution in [-0.2, 0) is 14.8 Å². The number of amides is 2. The largest absolute Gasteiger partial charge is 0.350 e. The Bertz CT molecular complexity index is 989. The van der Waals surface area contributed by atoms with E-state index >= 15 is 0 Å². The van der Waals surface area contributed by atoms with Gasteiger partial charge in [-0.1, -0.05) is 31.2 Å². The van der Waals surface area contributed by atoms with Gasteiger partial charge in [-0.3, -0.25) is 13.9 Å². The van der Waals surface area contributed by atoms with E-state index in [1.807, 2.05) is 26.8 Å². The first-order valence-corrected chi connectivity index (χ1v) is 11.2. The topological polar surface area (TPSA) is 95.6 Å². The summed E-state index contributed by atoms with van der Waals surface area (Å²) in [6.07, 6.45) is 1.83. The molecule has 0 saturated carbocycles. The van der Waals surface area contributed by atoms with Crippen molar-refractivity contribution in [3.05, 3.63) is 59.7 Å². The Hall–Kier alpha value is -2.87. The standard InChI is InChI=1S/C21H27N3O4S/c1-5-16(3)22-21(26)18-11-6-7-12-19(18)23-20(25)14-24(29(4,27)28)17-10-8-9-15(2)13-17/h6-13,16H,5,14H2,1-4H3,(H,22,26)(H,23,25)/t16-/m0/s1. The van der Waals surface area contributed by atoms with E-state index in [1.165, 1.54) is 0 Å². The number of para-hydroxylation sites is 1. The molecule has 0 aromatic heterocycles. The van der Waals surface area contributed by atoms with Crippen molar-refractivity contribution in [2.75, 3.05) is 22.4 Å². The molecule has 0 unspecified atom stereocenters. The van der Waals surface area contributed by atoms with Crippen LogP contribution in [0.3, 0.4) is 0 Å². The molecule has 0 spiro atoms. The van der Waals surface area contributed by atoms with Crippen molar-refractivity contribution in [1.29, 1.82) is 0 Å². The Labute approximate surface area is 172 Å². The number of hydrogen-bond acceptors (Lipinski definition) is 4. The first-order chi connectivity index (χ1) is 13.6. The number of anilines is 2. The highest BCUT2D eigenvalue weighted by Gasteiger charge is 2.22. The van der Waals surface area contributed by atoms with Crippen molar-refractivity contribution in [2.45, 2.75) is 33.2 Å². The minimum Gasteiger partial charge on any atom is -0.350 e. The van der Waals surface area contributed by atoms with Crippen molar-refractivity contribution in [3.8, 4) is 0 Å². The van der Waals surface area contributed by atoms with E-state index in [4.69, 9.17) is 0 Å². The highest BCUT2D eigenvalue weighted by molar-refractivity contribution is 7.92. The molecule has 0 radical (unpaired) electrons. The van der Waals surface area contributed by atoms with Crippen LogP contribution in [0.2, 0.25) is 0 Å². The molecule has 2 aromatic carbocycles. The van der Waals surface area contributed by atoms with Crippen LogP contribution < -0.4 is 14.9 Å². The quantitative estimate of drug-likeness (QED) is 0.690. The molecule has 0 fully saturated rings. The number of carbonyl (C=O) groups is 2. The van der Waals surface area contributed by atoms with Crippen LogP contribution in [0.15, 0.2) is 48.5 Å². The Balaban J connectivity index is 2.22. The van der Waals surface area contributed by atoms with Gasteiger partial charge in [-0.25, -0.2) is 8.42 Å². The molecule has 156 valence electrons. The summed E-state index contributed by atoms with van der Waals surface area (Å²) in [4.78, 5) is 25.1. The molecule has 1 atom stereocenters. The fourth-order valence-corrected chi connectivity index (χ4v) is 3.55. The Morgan fingerprint density at radius 3 is 2.41 bits per heavy atom. The zero-order valence-electron chi connectivity index (χ0n) is 17.1. The van der Waals surface area contributed by atoms with Gasteiger partial charge in [0.05, 0.1) is 23.2 Å². The lowest BCUT2D eigenvalue weighted by atomic mass is 10.1. The van der Waals surface area contributed by atoms with Crippen LogP contribution in [-0.4, -0.2) is 39.1 Å². The number of nitrogens with zero attached hydrogens (tertiary/aromatic N) is 1. The van der Waals surface area contributed by atoms with Crippen molar-refractivity contribution >= 4 is 33.2 Å². The van der Waals surface area contributed by atoms with E-state index in [9.17, 15) is 18.0 Å². The number of hydrogen-bond donors (Lipinski definition) is 2. The first-order valence-electron chi connectivity index (χ1n) is 9.36. The second kappa shape index (κ2) is 9.56. The summed E-state index contributed by atoms with van der Waals surface area (Å²) >= 11 is 0. The lowest BCUT2D eigenvalue weighted by molar-refractivity contribution is -0.114. The molecule has 0 aliphatic carbocycles. The molecule has 8 heteroatoms. The maximum atomic E-state index is 12.6. The van der Waals surface area contributed by atoms with Crippen LogP contribution in [0.1, 0.15) is 36.2 Å². The minimum absolute atomic E-state index is 0.00620. The average molecular weight is 418 g/mol. The first kappa shape index (κ1) is 22.4. The molecule has 2 aromatic rings. The SMILES string of the molecule is CC[C@H](C)NC(=O)c1ccccc1NC(=O)CN(c1cccc(C)c1)S(C)(=O)=O. The number of carbonyl (C=O) groups excluding carboxylic acids is 2. The predicted molar refractivity (Wildman–Crippen MR) is 116 cm³/mol. The lowest BCUT2D eigenvalue weighted by Gasteiger charge is -2.22. The van der Waals surface area contributed by atoms with E-state index in [-0.39, 0.29) is 11.9 Å². The smallest absolute Gasteiger partial charge is 0.253 e. The third kappa shape index (κ3) is 6.32. The molecule has 0 aliphatic heterocycles. The summed E-state index contributed by atoms with van der Waals surface area (Å²) < 4.78 is 25.5. The predicted octanol–water partition coefficient (Wildman–Crippen LogP) is 2.93. The fraction of sp³-hybridized carbons (Fsp3) is 0.333.